The lowest BCUT2D eigenvalue weighted by Crippen LogP contribution is -2.42. The molecule has 0 aromatic heterocycles. The van der Waals surface area contributed by atoms with Gasteiger partial charge in [-0.25, -0.2) is 4.79 Å². The topological polar surface area (TPSA) is 43.8 Å². The molecule has 0 unspecified atom stereocenters. The second kappa shape index (κ2) is 6.86. The van der Waals surface area contributed by atoms with Crippen LogP contribution in [0.1, 0.15) is 25.8 Å². The van der Waals surface area contributed by atoms with E-state index in [0.717, 1.165) is 18.5 Å². The third-order valence-electron chi connectivity index (χ3n) is 3.85. The number of rotatable bonds is 4. The van der Waals surface area contributed by atoms with Crippen molar-refractivity contribution in [3.05, 3.63) is 33.8 Å². The molecule has 0 spiro atoms. The van der Waals surface area contributed by atoms with Crippen LogP contribution >= 0.6 is 23.2 Å². The van der Waals surface area contributed by atoms with Crippen molar-refractivity contribution in [1.82, 2.24) is 9.80 Å². The number of carbonyl (C=O) groups is 1. The van der Waals surface area contributed by atoms with Crippen molar-refractivity contribution in [1.29, 1.82) is 0 Å². The zero-order valence-electron chi connectivity index (χ0n) is 12.2. The van der Waals surface area contributed by atoms with Gasteiger partial charge < -0.3 is 10.0 Å². The minimum Gasteiger partial charge on any atom is -0.465 e. The van der Waals surface area contributed by atoms with E-state index >= 15 is 0 Å². The molecule has 4 nitrogen and oxygen atoms in total. The summed E-state index contributed by atoms with van der Waals surface area (Å²) in [4.78, 5) is 14.8. The Bertz CT molecular complexity index is 502. The highest BCUT2D eigenvalue weighted by Gasteiger charge is 2.31. The summed E-state index contributed by atoms with van der Waals surface area (Å²) in [5.41, 5.74) is 1.05. The molecule has 0 saturated carbocycles. The maximum absolute atomic E-state index is 11.1. The molecule has 6 heteroatoms. The number of hydrogen-bond acceptors (Lipinski definition) is 2. The first-order chi connectivity index (χ1) is 9.86. The summed E-state index contributed by atoms with van der Waals surface area (Å²) in [6.45, 7) is 6.11. The molecule has 1 heterocycles. The van der Waals surface area contributed by atoms with E-state index < -0.39 is 6.09 Å². The van der Waals surface area contributed by atoms with E-state index in [9.17, 15) is 4.79 Å². The molecular formula is C15H20Cl2N2O2. The molecule has 0 radical (unpaired) electrons. The van der Waals surface area contributed by atoms with E-state index in [2.05, 4.69) is 18.7 Å². The lowest BCUT2D eigenvalue weighted by atomic mass is 10.1. The molecule has 2 rings (SSSR count). The number of amides is 1. The Morgan fingerprint density at radius 3 is 2.48 bits per heavy atom. The summed E-state index contributed by atoms with van der Waals surface area (Å²) in [7, 11) is 0. The van der Waals surface area contributed by atoms with Crippen molar-refractivity contribution in [3.63, 3.8) is 0 Å². The van der Waals surface area contributed by atoms with Crippen molar-refractivity contribution in [2.75, 3.05) is 13.1 Å². The number of likely N-dealkylation sites (tertiary alicyclic amines) is 1. The molecule has 0 bridgehead atoms. The minimum absolute atomic E-state index is 0.235. The fourth-order valence-corrected chi connectivity index (χ4v) is 3.40. The fraction of sp³-hybridized carbons (Fsp3) is 0.533. The van der Waals surface area contributed by atoms with Gasteiger partial charge in [-0.1, -0.05) is 23.2 Å². The van der Waals surface area contributed by atoms with E-state index in [-0.39, 0.29) is 6.04 Å². The van der Waals surface area contributed by atoms with Crippen molar-refractivity contribution in [2.45, 2.75) is 38.9 Å². The standard InChI is InChI=1S/C15H20Cl2N2O2/c1-10(2)19(14-3-4-18(9-14)15(20)21)8-11-5-12(16)7-13(17)6-11/h5-7,10,14H,3-4,8-9H2,1-2H3,(H,20,21)/t14-/m0/s1. The predicted molar refractivity (Wildman–Crippen MR) is 85.1 cm³/mol. The van der Waals surface area contributed by atoms with Crippen LogP contribution in [-0.2, 0) is 6.54 Å². The Morgan fingerprint density at radius 1 is 1.38 bits per heavy atom. The van der Waals surface area contributed by atoms with E-state index in [1.807, 2.05) is 12.1 Å². The molecule has 1 saturated heterocycles. The Morgan fingerprint density at radius 2 is 2.00 bits per heavy atom. The van der Waals surface area contributed by atoms with Crippen LogP contribution in [0.15, 0.2) is 18.2 Å². The number of benzene rings is 1. The van der Waals surface area contributed by atoms with Gasteiger partial charge in [0.1, 0.15) is 0 Å². The van der Waals surface area contributed by atoms with Gasteiger partial charge in [-0.2, -0.15) is 0 Å². The minimum atomic E-state index is -0.841. The van der Waals surface area contributed by atoms with E-state index in [1.54, 1.807) is 6.07 Å². The third-order valence-corrected chi connectivity index (χ3v) is 4.29. The second-order valence-electron chi connectivity index (χ2n) is 5.71. The lowest BCUT2D eigenvalue weighted by molar-refractivity contribution is 0.130. The molecule has 1 amide bonds. The molecule has 116 valence electrons. The van der Waals surface area contributed by atoms with Crippen LogP contribution in [0.25, 0.3) is 0 Å². The number of halogens is 2. The third kappa shape index (κ3) is 4.25. The van der Waals surface area contributed by atoms with Gasteiger partial charge in [-0.3, -0.25) is 4.90 Å². The summed E-state index contributed by atoms with van der Waals surface area (Å²) in [6, 6.07) is 6.09. The maximum atomic E-state index is 11.1. The van der Waals surface area contributed by atoms with Crippen LogP contribution in [0.2, 0.25) is 10.0 Å². The van der Waals surface area contributed by atoms with E-state index in [1.165, 1.54) is 4.90 Å². The number of carboxylic acid groups (broad SMARTS) is 1. The Hall–Kier alpha value is -0.970. The highest BCUT2D eigenvalue weighted by molar-refractivity contribution is 6.34. The van der Waals surface area contributed by atoms with Crippen LogP contribution in [0.3, 0.4) is 0 Å². The molecule has 0 aliphatic carbocycles. The highest BCUT2D eigenvalue weighted by atomic mass is 35.5. The monoisotopic (exact) mass is 330 g/mol. The Kier molecular flexibility index (Phi) is 5.36. The van der Waals surface area contributed by atoms with Gasteiger partial charge in [0, 0.05) is 41.8 Å². The molecule has 1 aliphatic heterocycles. The van der Waals surface area contributed by atoms with Gasteiger partial charge >= 0.3 is 6.09 Å². The zero-order chi connectivity index (χ0) is 15.6. The number of nitrogens with zero attached hydrogens (tertiary/aromatic N) is 2. The van der Waals surface area contributed by atoms with Crippen LogP contribution in [0.5, 0.6) is 0 Å². The molecule has 1 fully saturated rings. The lowest BCUT2D eigenvalue weighted by Gasteiger charge is -2.32. The van der Waals surface area contributed by atoms with Crippen LogP contribution in [-0.4, -0.2) is 46.2 Å². The molecule has 1 aromatic carbocycles. The highest BCUT2D eigenvalue weighted by Crippen LogP contribution is 2.24. The SMILES string of the molecule is CC(C)N(Cc1cc(Cl)cc(Cl)c1)[C@H]1CCN(C(=O)O)C1. The quantitative estimate of drug-likeness (QED) is 0.908. The summed E-state index contributed by atoms with van der Waals surface area (Å²) >= 11 is 12.1. The molecule has 1 aliphatic rings. The van der Waals surface area contributed by atoms with Gasteiger partial charge in [0.15, 0.2) is 0 Å². The number of hydrogen-bond donors (Lipinski definition) is 1. The predicted octanol–water partition coefficient (Wildman–Crippen LogP) is 3.96. The van der Waals surface area contributed by atoms with Gasteiger partial charge in [0.05, 0.1) is 0 Å². The molecule has 1 atom stereocenters. The van der Waals surface area contributed by atoms with Crippen LogP contribution < -0.4 is 0 Å². The molecule has 21 heavy (non-hydrogen) atoms. The van der Waals surface area contributed by atoms with E-state index in [4.69, 9.17) is 28.3 Å². The van der Waals surface area contributed by atoms with Crippen molar-refractivity contribution in [3.8, 4) is 0 Å². The van der Waals surface area contributed by atoms with Crippen LogP contribution in [0, 0.1) is 0 Å². The van der Waals surface area contributed by atoms with E-state index in [0.29, 0.717) is 29.2 Å². The Balaban J connectivity index is 2.11. The van der Waals surface area contributed by atoms with Crippen molar-refractivity contribution in [2.24, 2.45) is 0 Å². The first kappa shape index (κ1) is 16.4. The summed E-state index contributed by atoms with van der Waals surface area (Å²) in [6.07, 6.45) is 0.0192. The summed E-state index contributed by atoms with van der Waals surface area (Å²) in [5.74, 6) is 0. The second-order valence-corrected chi connectivity index (χ2v) is 6.59. The van der Waals surface area contributed by atoms with Crippen molar-refractivity contribution >= 4 is 29.3 Å². The smallest absolute Gasteiger partial charge is 0.407 e. The normalized spacial score (nSPS) is 18.8. The molecular weight excluding hydrogens is 311 g/mol. The van der Waals surface area contributed by atoms with Crippen LogP contribution in [0.4, 0.5) is 4.79 Å². The average molecular weight is 331 g/mol. The average Bonchev–Trinajstić information content (AvgIpc) is 2.83. The summed E-state index contributed by atoms with van der Waals surface area (Å²) in [5, 5.41) is 10.3. The van der Waals surface area contributed by atoms with Crippen molar-refractivity contribution < 1.29 is 9.90 Å². The fourth-order valence-electron chi connectivity index (χ4n) is 2.83. The first-order valence-corrected chi connectivity index (χ1v) is 7.81. The zero-order valence-corrected chi connectivity index (χ0v) is 13.7. The maximum Gasteiger partial charge on any atom is 0.407 e. The first-order valence-electron chi connectivity index (χ1n) is 7.05. The van der Waals surface area contributed by atoms with Gasteiger partial charge in [-0.15, -0.1) is 0 Å². The van der Waals surface area contributed by atoms with Gasteiger partial charge in [0.2, 0.25) is 0 Å². The molecule has 1 aromatic rings. The largest absolute Gasteiger partial charge is 0.465 e. The summed E-state index contributed by atoms with van der Waals surface area (Å²) < 4.78 is 0. The Labute approximate surface area is 135 Å². The van der Waals surface area contributed by atoms with Gasteiger partial charge in [0.25, 0.3) is 0 Å². The molecule has 1 N–H and O–H groups in total. The van der Waals surface area contributed by atoms with Gasteiger partial charge in [-0.05, 0) is 44.0 Å².